The first-order chi connectivity index (χ1) is 17.7. The standard InChI is InChI=1S/C26H24O11/c1-2-22(27)33-15-34-26(32)37-21-13-11-20(12-14-21)36-25(31)18-5-3-17(4-6-18)24(30)35-19-9-7-16(8-10-19)23(28)29/h2-6,11-14,16,19H,1,7-10,15H2,(H,28,29). The molecule has 1 N–H and O–H groups in total. The second-order valence-electron chi connectivity index (χ2n) is 7.94. The van der Waals surface area contributed by atoms with Gasteiger partial charge in [0.15, 0.2) is 0 Å². The van der Waals surface area contributed by atoms with E-state index in [1.54, 1.807) is 0 Å². The van der Waals surface area contributed by atoms with E-state index in [1.165, 1.54) is 48.5 Å². The van der Waals surface area contributed by atoms with Gasteiger partial charge in [-0.15, -0.1) is 0 Å². The minimum absolute atomic E-state index is 0.0964. The number of carboxylic acid groups (broad SMARTS) is 1. The Balaban J connectivity index is 1.46. The Morgan fingerprint density at radius 1 is 0.784 bits per heavy atom. The van der Waals surface area contributed by atoms with Crippen LogP contribution in [0.15, 0.2) is 61.2 Å². The molecule has 0 unspecified atom stereocenters. The number of esters is 3. The molecule has 2 aromatic rings. The Labute approximate surface area is 211 Å². The number of rotatable bonds is 9. The van der Waals surface area contributed by atoms with Crippen molar-refractivity contribution >= 4 is 30.0 Å². The van der Waals surface area contributed by atoms with Crippen LogP contribution in [-0.4, -0.2) is 48.0 Å². The molecule has 0 heterocycles. The fourth-order valence-corrected chi connectivity index (χ4v) is 3.45. The van der Waals surface area contributed by atoms with Gasteiger partial charge in [0.25, 0.3) is 0 Å². The lowest BCUT2D eigenvalue weighted by Crippen LogP contribution is -2.27. The van der Waals surface area contributed by atoms with Gasteiger partial charge >= 0.3 is 30.0 Å². The number of carbonyl (C=O) groups is 5. The van der Waals surface area contributed by atoms with Crippen LogP contribution in [0.3, 0.4) is 0 Å². The van der Waals surface area contributed by atoms with Gasteiger partial charge in [0.1, 0.15) is 17.6 Å². The summed E-state index contributed by atoms with van der Waals surface area (Å²) in [5, 5.41) is 9.06. The lowest BCUT2D eigenvalue weighted by molar-refractivity contribution is -0.146. The summed E-state index contributed by atoms with van der Waals surface area (Å²) in [7, 11) is 0. The molecule has 1 aliphatic rings. The summed E-state index contributed by atoms with van der Waals surface area (Å²) < 4.78 is 24.7. The number of hydrogen-bond acceptors (Lipinski definition) is 10. The third kappa shape index (κ3) is 8.20. The van der Waals surface area contributed by atoms with Gasteiger partial charge in [0.05, 0.1) is 17.0 Å². The smallest absolute Gasteiger partial charge is 0.481 e. The van der Waals surface area contributed by atoms with E-state index >= 15 is 0 Å². The first-order valence-corrected chi connectivity index (χ1v) is 11.2. The summed E-state index contributed by atoms with van der Waals surface area (Å²) >= 11 is 0. The molecule has 0 amide bonds. The molecule has 0 radical (unpaired) electrons. The van der Waals surface area contributed by atoms with Gasteiger partial charge in [-0.25, -0.2) is 19.2 Å². The van der Waals surface area contributed by atoms with Crippen molar-refractivity contribution in [3.63, 3.8) is 0 Å². The van der Waals surface area contributed by atoms with Crippen molar-refractivity contribution in [3.8, 4) is 11.5 Å². The molecule has 1 saturated carbocycles. The molecule has 194 valence electrons. The van der Waals surface area contributed by atoms with E-state index in [-0.39, 0.29) is 28.7 Å². The van der Waals surface area contributed by atoms with Crippen LogP contribution in [0.25, 0.3) is 0 Å². The Morgan fingerprint density at radius 2 is 1.32 bits per heavy atom. The van der Waals surface area contributed by atoms with Crippen LogP contribution in [-0.2, 0) is 23.8 Å². The molecular formula is C26H24O11. The normalized spacial score (nSPS) is 16.5. The first-order valence-electron chi connectivity index (χ1n) is 11.2. The van der Waals surface area contributed by atoms with E-state index in [9.17, 15) is 24.0 Å². The molecule has 0 atom stereocenters. The Bertz CT molecular complexity index is 1140. The van der Waals surface area contributed by atoms with Gasteiger partial charge in [0, 0.05) is 6.08 Å². The van der Waals surface area contributed by atoms with Gasteiger partial charge in [-0.1, -0.05) is 6.58 Å². The average Bonchev–Trinajstić information content (AvgIpc) is 2.90. The lowest BCUT2D eigenvalue weighted by atomic mass is 9.87. The Kier molecular flexibility index (Phi) is 9.36. The SMILES string of the molecule is C=CC(=O)OCOC(=O)Oc1ccc(OC(=O)c2ccc(C(=O)OC3CCC(C(=O)O)CC3)cc2)cc1. The maximum Gasteiger partial charge on any atom is 0.516 e. The van der Waals surface area contributed by atoms with Crippen molar-refractivity contribution in [2.24, 2.45) is 5.92 Å². The highest BCUT2D eigenvalue weighted by Gasteiger charge is 2.28. The maximum atomic E-state index is 12.4. The third-order valence-corrected chi connectivity index (χ3v) is 5.43. The number of ether oxygens (including phenoxy) is 5. The van der Waals surface area contributed by atoms with Crippen LogP contribution in [0.5, 0.6) is 11.5 Å². The van der Waals surface area contributed by atoms with Crippen LogP contribution in [0.1, 0.15) is 46.4 Å². The largest absolute Gasteiger partial charge is 0.516 e. The summed E-state index contributed by atoms with van der Waals surface area (Å²) in [6.45, 7) is 2.56. The third-order valence-electron chi connectivity index (χ3n) is 5.43. The quantitative estimate of drug-likeness (QED) is 0.171. The zero-order valence-electron chi connectivity index (χ0n) is 19.6. The van der Waals surface area contributed by atoms with E-state index in [0.29, 0.717) is 25.7 Å². The second-order valence-corrected chi connectivity index (χ2v) is 7.94. The van der Waals surface area contributed by atoms with E-state index in [4.69, 9.17) is 19.3 Å². The van der Waals surface area contributed by atoms with E-state index in [0.717, 1.165) is 6.08 Å². The van der Waals surface area contributed by atoms with Gasteiger partial charge in [-0.3, -0.25) is 4.79 Å². The fraction of sp³-hybridized carbons (Fsp3) is 0.269. The number of carboxylic acids is 1. The van der Waals surface area contributed by atoms with Crippen LogP contribution in [0.2, 0.25) is 0 Å². The van der Waals surface area contributed by atoms with E-state index in [2.05, 4.69) is 16.1 Å². The monoisotopic (exact) mass is 512 g/mol. The molecule has 2 aromatic carbocycles. The second kappa shape index (κ2) is 12.9. The predicted octanol–water partition coefficient (Wildman–Crippen LogP) is 3.91. The number of benzene rings is 2. The van der Waals surface area contributed by atoms with Crippen LogP contribution in [0.4, 0.5) is 4.79 Å². The minimum atomic E-state index is -1.10. The molecule has 37 heavy (non-hydrogen) atoms. The maximum absolute atomic E-state index is 12.4. The number of carbonyl (C=O) groups excluding carboxylic acids is 4. The van der Waals surface area contributed by atoms with Crippen molar-refractivity contribution in [1.82, 2.24) is 0 Å². The van der Waals surface area contributed by atoms with Crippen LogP contribution in [0, 0.1) is 5.92 Å². The van der Waals surface area contributed by atoms with Crippen molar-refractivity contribution in [2.75, 3.05) is 6.79 Å². The Morgan fingerprint density at radius 3 is 1.86 bits per heavy atom. The summed E-state index contributed by atoms with van der Waals surface area (Å²) in [5.41, 5.74) is 0.445. The average molecular weight is 512 g/mol. The minimum Gasteiger partial charge on any atom is -0.481 e. The first kappa shape index (κ1) is 26.9. The van der Waals surface area contributed by atoms with Gasteiger partial charge in [-0.2, -0.15) is 0 Å². The molecule has 11 nitrogen and oxygen atoms in total. The predicted molar refractivity (Wildman–Crippen MR) is 125 cm³/mol. The van der Waals surface area contributed by atoms with Crippen molar-refractivity contribution in [3.05, 3.63) is 72.3 Å². The molecule has 1 fully saturated rings. The molecule has 0 aliphatic heterocycles. The highest BCUT2D eigenvalue weighted by Crippen LogP contribution is 2.27. The molecule has 11 heteroatoms. The topological polar surface area (TPSA) is 152 Å². The summed E-state index contributed by atoms with van der Waals surface area (Å²) in [6.07, 6.45) is 1.37. The summed E-state index contributed by atoms with van der Waals surface area (Å²) in [5.74, 6) is -2.95. The van der Waals surface area contributed by atoms with E-state index < -0.39 is 42.7 Å². The molecule has 3 rings (SSSR count). The molecule has 0 aromatic heterocycles. The zero-order valence-corrected chi connectivity index (χ0v) is 19.6. The highest BCUT2D eigenvalue weighted by molar-refractivity contribution is 5.94. The van der Waals surface area contributed by atoms with Crippen molar-refractivity contribution < 1.29 is 52.8 Å². The van der Waals surface area contributed by atoms with Crippen LogP contribution < -0.4 is 9.47 Å². The molecule has 0 bridgehead atoms. The van der Waals surface area contributed by atoms with Gasteiger partial charge in [0.2, 0.25) is 6.79 Å². The van der Waals surface area contributed by atoms with Gasteiger partial charge in [-0.05, 0) is 74.2 Å². The fourth-order valence-electron chi connectivity index (χ4n) is 3.45. The molecule has 0 spiro atoms. The number of aliphatic carboxylic acids is 1. The summed E-state index contributed by atoms with van der Waals surface area (Å²) in [6, 6.07) is 11.2. The van der Waals surface area contributed by atoms with Gasteiger partial charge < -0.3 is 28.8 Å². The van der Waals surface area contributed by atoms with Crippen molar-refractivity contribution in [2.45, 2.75) is 31.8 Å². The highest BCUT2D eigenvalue weighted by atomic mass is 16.8. The number of hydrogen-bond donors (Lipinski definition) is 1. The summed E-state index contributed by atoms with van der Waals surface area (Å²) in [4.78, 5) is 58.3. The van der Waals surface area contributed by atoms with Crippen molar-refractivity contribution in [1.29, 1.82) is 0 Å². The Hall–Kier alpha value is -4.67. The van der Waals surface area contributed by atoms with E-state index in [1.807, 2.05) is 0 Å². The molecular weight excluding hydrogens is 488 g/mol. The molecule has 1 aliphatic carbocycles. The zero-order chi connectivity index (χ0) is 26.8. The van der Waals surface area contributed by atoms with Crippen LogP contribution >= 0.6 is 0 Å². The molecule has 0 saturated heterocycles. The lowest BCUT2D eigenvalue weighted by Gasteiger charge is -2.25.